The van der Waals surface area contributed by atoms with Crippen LogP contribution in [0, 0.1) is 5.82 Å². The van der Waals surface area contributed by atoms with Crippen molar-refractivity contribution in [2.24, 2.45) is 0 Å². The van der Waals surface area contributed by atoms with Gasteiger partial charge in [-0.15, -0.1) is 11.3 Å². The van der Waals surface area contributed by atoms with Crippen LogP contribution >= 0.6 is 11.3 Å². The number of sulfonamides is 1. The highest BCUT2D eigenvalue weighted by atomic mass is 32.2. The van der Waals surface area contributed by atoms with Crippen molar-refractivity contribution >= 4 is 27.0 Å². The van der Waals surface area contributed by atoms with Crippen molar-refractivity contribution in [2.45, 2.75) is 10.6 Å². The first-order valence-electron chi connectivity index (χ1n) is 5.55. The molecule has 2 rings (SSSR count). The van der Waals surface area contributed by atoms with Crippen LogP contribution in [0.3, 0.4) is 0 Å². The predicted molar refractivity (Wildman–Crippen MR) is 74.0 cm³/mol. The Morgan fingerprint density at radius 3 is 2.74 bits per heavy atom. The van der Waals surface area contributed by atoms with Crippen molar-refractivity contribution in [3.8, 4) is 0 Å². The van der Waals surface area contributed by atoms with E-state index in [0.29, 0.717) is 12.1 Å². The molecule has 0 aliphatic rings. The second-order valence-corrected chi connectivity index (χ2v) is 6.88. The van der Waals surface area contributed by atoms with E-state index in [9.17, 15) is 12.8 Å². The third-order valence-electron chi connectivity index (χ3n) is 2.46. The number of nitrogens with two attached hydrogens (primary N) is 1. The normalized spacial score (nSPS) is 11.6. The SMILES string of the molecule is Nc1csc(S(=O)(=O)NCCc2cccc(F)c2)c1. The molecule has 4 nitrogen and oxygen atoms in total. The number of anilines is 1. The van der Waals surface area contributed by atoms with Crippen LogP contribution in [0.25, 0.3) is 0 Å². The molecule has 0 fully saturated rings. The van der Waals surface area contributed by atoms with Gasteiger partial charge in [0.15, 0.2) is 0 Å². The van der Waals surface area contributed by atoms with Gasteiger partial charge in [0.2, 0.25) is 10.0 Å². The highest BCUT2D eigenvalue weighted by molar-refractivity contribution is 7.91. The minimum absolute atomic E-state index is 0.184. The molecule has 1 aromatic heterocycles. The zero-order valence-electron chi connectivity index (χ0n) is 9.97. The fraction of sp³-hybridized carbons (Fsp3) is 0.167. The van der Waals surface area contributed by atoms with Gasteiger partial charge in [-0.1, -0.05) is 12.1 Å². The van der Waals surface area contributed by atoms with Gasteiger partial charge in [-0.3, -0.25) is 0 Å². The summed E-state index contributed by atoms with van der Waals surface area (Å²) in [6.45, 7) is 0.212. The predicted octanol–water partition coefficient (Wildman–Crippen LogP) is 1.99. The number of hydrogen-bond acceptors (Lipinski definition) is 4. The van der Waals surface area contributed by atoms with E-state index in [2.05, 4.69) is 4.72 Å². The van der Waals surface area contributed by atoms with Crippen LogP contribution in [0.15, 0.2) is 39.9 Å². The van der Waals surface area contributed by atoms with Crippen LogP contribution in [0.1, 0.15) is 5.56 Å². The second-order valence-electron chi connectivity index (χ2n) is 3.98. The molecule has 0 amide bonds. The van der Waals surface area contributed by atoms with Crippen molar-refractivity contribution < 1.29 is 12.8 Å². The number of nitrogens with one attached hydrogen (secondary N) is 1. The Balaban J connectivity index is 1.96. The maximum atomic E-state index is 12.9. The lowest BCUT2D eigenvalue weighted by atomic mass is 10.1. The molecule has 7 heteroatoms. The molecule has 3 N–H and O–H groups in total. The maximum absolute atomic E-state index is 12.9. The van der Waals surface area contributed by atoms with E-state index in [0.717, 1.165) is 16.9 Å². The lowest BCUT2D eigenvalue weighted by molar-refractivity contribution is 0.583. The topological polar surface area (TPSA) is 72.2 Å². The Morgan fingerprint density at radius 2 is 2.11 bits per heavy atom. The van der Waals surface area contributed by atoms with Gasteiger partial charge in [0.1, 0.15) is 10.0 Å². The van der Waals surface area contributed by atoms with Gasteiger partial charge in [0.05, 0.1) is 0 Å². The van der Waals surface area contributed by atoms with E-state index < -0.39 is 10.0 Å². The van der Waals surface area contributed by atoms with Crippen molar-refractivity contribution in [1.82, 2.24) is 4.72 Å². The quantitative estimate of drug-likeness (QED) is 0.887. The number of nitrogen functional groups attached to an aromatic ring is 1. The second kappa shape index (κ2) is 5.68. The van der Waals surface area contributed by atoms with Gasteiger partial charge in [0.25, 0.3) is 0 Å². The molecule has 0 aliphatic heterocycles. The van der Waals surface area contributed by atoms with Gasteiger partial charge >= 0.3 is 0 Å². The summed E-state index contributed by atoms with van der Waals surface area (Å²) in [5.74, 6) is -0.327. The van der Waals surface area contributed by atoms with Crippen LogP contribution in [0.5, 0.6) is 0 Å². The summed E-state index contributed by atoms with van der Waals surface area (Å²) in [5.41, 5.74) is 6.66. The molecule has 0 saturated heterocycles. The van der Waals surface area contributed by atoms with Gasteiger partial charge in [-0.05, 0) is 30.2 Å². The molecule has 0 bridgehead atoms. The minimum Gasteiger partial charge on any atom is -0.398 e. The fourth-order valence-electron chi connectivity index (χ4n) is 1.56. The molecule has 102 valence electrons. The molecule has 0 radical (unpaired) electrons. The van der Waals surface area contributed by atoms with Gasteiger partial charge in [-0.25, -0.2) is 17.5 Å². The molecular formula is C12H13FN2O2S2. The van der Waals surface area contributed by atoms with E-state index in [1.165, 1.54) is 18.2 Å². The van der Waals surface area contributed by atoms with Crippen LogP contribution in [-0.2, 0) is 16.4 Å². The first kappa shape index (κ1) is 14.0. The minimum atomic E-state index is -3.52. The first-order chi connectivity index (χ1) is 8.97. The Kier molecular flexibility index (Phi) is 4.18. The Labute approximate surface area is 115 Å². The Morgan fingerprint density at radius 1 is 1.32 bits per heavy atom. The highest BCUT2D eigenvalue weighted by Gasteiger charge is 2.15. The summed E-state index contributed by atoms with van der Waals surface area (Å²) in [4.78, 5) is 0. The van der Waals surface area contributed by atoms with E-state index in [4.69, 9.17) is 5.73 Å². The molecule has 19 heavy (non-hydrogen) atoms. The molecule has 0 saturated carbocycles. The smallest absolute Gasteiger partial charge is 0.250 e. The highest BCUT2D eigenvalue weighted by Crippen LogP contribution is 2.21. The molecule has 0 unspecified atom stereocenters. The number of thiophene rings is 1. The number of benzene rings is 1. The molecule has 0 spiro atoms. The van der Waals surface area contributed by atoms with Crippen LogP contribution in [0.2, 0.25) is 0 Å². The first-order valence-corrected chi connectivity index (χ1v) is 7.92. The van der Waals surface area contributed by atoms with Gasteiger partial charge in [-0.2, -0.15) is 0 Å². The largest absolute Gasteiger partial charge is 0.398 e. The summed E-state index contributed by atoms with van der Waals surface area (Å²) in [5, 5.41) is 1.57. The molecule has 1 aromatic carbocycles. The fourth-order valence-corrected chi connectivity index (χ4v) is 3.72. The number of halogens is 1. The van der Waals surface area contributed by atoms with E-state index >= 15 is 0 Å². The van der Waals surface area contributed by atoms with Crippen molar-refractivity contribution in [1.29, 1.82) is 0 Å². The van der Waals surface area contributed by atoms with Crippen molar-refractivity contribution in [2.75, 3.05) is 12.3 Å². The zero-order valence-corrected chi connectivity index (χ0v) is 11.6. The summed E-state index contributed by atoms with van der Waals surface area (Å²) in [6.07, 6.45) is 0.428. The number of rotatable bonds is 5. The van der Waals surface area contributed by atoms with Crippen molar-refractivity contribution in [3.63, 3.8) is 0 Å². The van der Waals surface area contributed by atoms with Crippen molar-refractivity contribution in [3.05, 3.63) is 47.1 Å². The third kappa shape index (κ3) is 3.76. The van der Waals surface area contributed by atoms with E-state index in [-0.39, 0.29) is 16.6 Å². The number of hydrogen-bond donors (Lipinski definition) is 2. The van der Waals surface area contributed by atoms with E-state index in [1.807, 2.05) is 0 Å². The van der Waals surface area contributed by atoms with Crippen LogP contribution in [0.4, 0.5) is 10.1 Å². The summed E-state index contributed by atoms with van der Waals surface area (Å²) < 4.78 is 39.3. The molecule has 0 aliphatic carbocycles. The summed E-state index contributed by atoms with van der Waals surface area (Å²) >= 11 is 1.07. The molecular weight excluding hydrogens is 287 g/mol. The van der Waals surface area contributed by atoms with Crippen LogP contribution < -0.4 is 10.5 Å². The average Bonchev–Trinajstić information content (AvgIpc) is 2.76. The Bertz CT molecular complexity index is 668. The summed E-state index contributed by atoms with van der Waals surface area (Å²) in [7, 11) is -3.52. The average molecular weight is 300 g/mol. The zero-order chi connectivity index (χ0) is 13.9. The molecule has 2 aromatic rings. The lowest BCUT2D eigenvalue weighted by Crippen LogP contribution is -2.25. The lowest BCUT2D eigenvalue weighted by Gasteiger charge is -2.05. The van der Waals surface area contributed by atoms with Gasteiger partial charge in [0, 0.05) is 17.6 Å². The molecule has 0 atom stereocenters. The van der Waals surface area contributed by atoms with E-state index in [1.54, 1.807) is 17.5 Å². The third-order valence-corrected chi connectivity index (χ3v) is 5.37. The molecule has 1 heterocycles. The monoisotopic (exact) mass is 300 g/mol. The van der Waals surface area contributed by atoms with Gasteiger partial charge < -0.3 is 5.73 Å². The summed E-state index contributed by atoms with van der Waals surface area (Å²) in [6, 6.07) is 7.49. The maximum Gasteiger partial charge on any atom is 0.250 e. The van der Waals surface area contributed by atoms with Crippen LogP contribution in [-0.4, -0.2) is 15.0 Å². The standard InChI is InChI=1S/C12H13FN2O2S2/c13-10-3-1-2-9(6-10)4-5-15-19(16,17)12-7-11(14)8-18-12/h1-3,6-8,15H,4-5,14H2. The Hall–Kier alpha value is -1.44.